The molecule has 1 unspecified atom stereocenters. The van der Waals surface area contributed by atoms with Crippen molar-refractivity contribution in [1.82, 2.24) is 14.7 Å². The Morgan fingerprint density at radius 3 is 2.53 bits per heavy atom. The van der Waals surface area contributed by atoms with E-state index < -0.39 is 0 Å². The van der Waals surface area contributed by atoms with Gasteiger partial charge in [-0.05, 0) is 44.2 Å². The summed E-state index contributed by atoms with van der Waals surface area (Å²) in [6, 6.07) is 3.73. The molecule has 8 nitrogen and oxygen atoms in total. The van der Waals surface area contributed by atoms with Gasteiger partial charge in [-0.3, -0.25) is 14.5 Å². The fraction of sp³-hybridized carbons (Fsp3) is 0.769. The molecule has 3 heterocycles. The van der Waals surface area contributed by atoms with Crippen LogP contribution in [0.25, 0.3) is 0 Å². The van der Waals surface area contributed by atoms with Crippen molar-refractivity contribution in [2.24, 2.45) is 5.92 Å². The Labute approximate surface area is 203 Å². The fourth-order valence-electron chi connectivity index (χ4n) is 5.33. The molecule has 8 heteroatoms. The largest absolute Gasteiger partial charge is 0.467 e. The van der Waals surface area contributed by atoms with Crippen LogP contribution in [0.4, 0.5) is 0 Å². The summed E-state index contributed by atoms with van der Waals surface area (Å²) in [5, 5.41) is 0. The molecule has 190 valence electrons. The molecule has 2 aliphatic heterocycles. The third-order valence-corrected chi connectivity index (χ3v) is 7.33. The number of nitrogens with zero attached hydrogens (tertiary/aromatic N) is 3. The van der Waals surface area contributed by atoms with E-state index in [4.69, 9.17) is 13.9 Å². The molecule has 0 spiro atoms. The van der Waals surface area contributed by atoms with Crippen molar-refractivity contribution in [3.8, 4) is 0 Å². The van der Waals surface area contributed by atoms with E-state index in [1.807, 2.05) is 21.9 Å². The summed E-state index contributed by atoms with van der Waals surface area (Å²) in [6.07, 6.45) is 9.86. The number of ether oxygens (including phenoxy) is 2. The predicted octanol–water partition coefficient (Wildman–Crippen LogP) is 2.92. The van der Waals surface area contributed by atoms with Crippen molar-refractivity contribution in [3.05, 3.63) is 24.2 Å². The van der Waals surface area contributed by atoms with Gasteiger partial charge in [0, 0.05) is 45.2 Å². The van der Waals surface area contributed by atoms with Crippen molar-refractivity contribution in [2.45, 2.75) is 64.0 Å². The molecule has 3 fully saturated rings. The van der Waals surface area contributed by atoms with E-state index >= 15 is 0 Å². The minimum Gasteiger partial charge on any atom is -0.467 e. The molecule has 3 aliphatic rings. The Morgan fingerprint density at radius 1 is 1.00 bits per heavy atom. The van der Waals surface area contributed by atoms with Crippen LogP contribution in [0.2, 0.25) is 0 Å². The highest BCUT2D eigenvalue weighted by Crippen LogP contribution is 2.26. The standard InChI is InChI=1S/C26H41N3O5/c30-25(29(19-23-9-4-15-33-23)20-24-10-5-16-34-24)21-28(26(31)22-7-2-1-3-8-22)12-6-11-27-13-17-32-18-14-27/h4,9,15,22,24H,1-3,5-8,10-14,16-21H2. The van der Waals surface area contributed by atoms with Crippen LogP contribution in [-0.2, 0) is 25.6 Å². The highest BCUT2D eigenvalue weighted by molar-refractivity contribution is 5.86. The van der Waals surface area contributed by atoms with Crippen molar-refractivity contribution in [2.75, 3.05) is 59.1 Å². The quantitative estimate of drug-likeness (QED) is 0.490. The summed E-state index contributed by atoms with van der Waals surface area (Å²) in [6.45, 7) is 6.80. The average molecular weight is 476 g/mol. The lowest BCUT2D eigenvalue weighted by Crippen LogP contribution is -2.47. The van der Waals surface area contributed by atoms with Gasteiger partial charge in [-0.15, -0.1) is 0 Å². The Bertz CT molecular complexity index is 738. The van der Waals surface area contributed by atoms with Gasteiger partial charge in [0.2, 0.25) is 11.8 Å². The van der Waals surface area contributed by atoms with Gasteiger partial charge >= 0.3 is 0 Å². The van der Waals surface area contributed by atoms with Crippen LogP contribution >= 0.6 is 0 Å². The van der Waals surface area contributed by atoms with Crippen molar-refractivity contribution < 1.29 is 23.5 Å². The van der Waals surface area contributed by atoms with Crippen molar-refractivity contribution >= 4 is 11.8 Å². The molecule has 0 radical (unpaired) electrons. The zero-order valence-corrected chi connectivity index (χ0v) is 20.5. The molecule has 1 aromatic rings. The maximum absolute atomic E-state index is 13.5. The van der Waals surface area contributed by atoms with Gasteiger partial charge in [-0.1, -0.05) is 19.3 Å². The molecular formula is C26H41N3O5. The van der Waals surface area contributed by atoms with E-state index in [-0.39, 0.29) is 30.4 Å². The maximum Gasteiger partial charge on any atom is 0.242 e. The topological polar surface area (TPSA) is 75.5 Å². The summed E-state index contributed by atoms with van der Waals surface area (Å²) in [5.41, 5.74) is 0. The van der Waals surface area contributed by atoms with Crippen LogP contribution in [0.1, 0.15) is 57.1 Å². The van der Waals surface area contributed by atoms with Crippen LogP contribution in [0.15, 0.2) is 22.8 Å². The highest BCUT2D eigenvalue weighted by atomic mass is 16.5. The highest BCUT2D eigenvalue weighted by Gasteiger charge is 2.30. The molecule has 0 aromatic carbocycles. The number of hydrogen-bond acceptors (Lipinski definition) is 6. The number of rotatable bonds is 11. The second kappa shape index (κ2) is 13.3. The average Bonchev–Trinajstić information content (AvgIpc) is 3.58. The molecule has 4 rings (SSSR count). The number of carbonyl (C=O) groups excluding carboxylic acids is 2. The second-order valence-corrected chi connectivity index (χ2v) is 9.89. The van der Waals surface area contributed by atoms with Gasteiger partial charge in [0.15, 0.2) is 0 Å². The lowest BCUT2D eigenvalue weighted by atomic mass is 9.88. The molecule has 1 aliphatic carbocycles. The van der Waals surface area contributed by atoms with Gasteiger partial charge in [0.05, 0.1) is 38.7 Å². The number of carbonyl (C=O) groups is 2. The molecule has 34 heavy (non-hydrogen) atoms. The molecule has 0 N–H and O–H groups in total. The number of hydrogen-bond donors (Lipinski definition) is 0. The normalized spacial score (nSPS) is 22.1. The molecule has 1 saturated carbocycles. The first-order chi connectivity index (χ1) is 16.7. The molecule has 2 amide bonds. The van der Waals surface area contributed by atoms with Gasteiger partial charge < -0.3 is 23.7 Å². The van der Waals surface area contributed by atoms with Crippen LogP contribution < -0.4 is 0 Å². The number of furan rings is 1. The summed E-state index contributed by atoms with van der Waals surface area (Å²) < 4.78 is 16.8. The zero-order valence-electron chi connectivity index (χ0n) is 20.5. The molecule has 2 saturated heterocycles. The molecule has 1 aromatic heterocycles. The maximum atomic E-state index is 13.5. The van der Waals surface area contributed by atoms with E-state index in [1.165, 1.54) is 6.42 Å². The Kier molecular flexibility index (Phi) is 9.83. The minimum absolute atomic E-state index is 0.0255. The van der Waals surface area contributed by atoms with Gasteiger partial charge in [-0.2, -0.15) is 0 Å². The summed E-state index contributed by atoms with van der Waals surface area (Å²) in [5.74, 6) is 0.943. The minimum atomic E-state index is -0.0255. The Hall–Kier alpha value is -1.90. The zero-order chi connectivity index (χ0) is 23.6. The lowest BCUT2D eigenvalue weighted by molar-refractivity contribution is -0.144. The number of amides is 2. The predicted molar refractivity (Wildman–Crippen MR) is 128 cm³/mol. The van der Waals surface area contributed by atoms with Gasteiger partial charge in [0.25, 0.3) is 0 Å². The van der Waals surface area contributed by atoms with Crippen LogP contribution in [0.3, 0.4) is 0 Å². The molecule has 0 bridgehead atoms. The van der Waals surface area contributed by atoms with E-state index in [0.717, 1.165) is 90.2 Å². The number of morpholine rings is 1. The first-order valence-corrected chi connectivity index (χ1v) is 13.2. The monoisotopic (exact) mass is 475 g/mol. The van der Waals surface area contributed by atoms with E-state index in [1.54, 1.807) is 6.26 Å². The van der Waals surface area contributed by atoms with Crippen molar-refractivity contribution in [1.29, 1.82) is 0 Å². The molecular weight excluding hydrogens is 434 g/mol. The first-order valence-electron chi connectivity index (χ1n) is 13.2. The first kappa shape index (κ1) is 25.2. The van der Waals surface area contributed by atoms with Gasteiger partial charge in [0.1, 0.15) is 5.76 Å². The van der Waals surface area contributed by atoms with Crippen LogP contribution in [0.5, 0.6) is 0 Å². The van der Waals surface area contributed by atoms with E-state index in [9.17, 15) is 9.59 Å². The summed E-state index contributed by atoms with van der Waals surface area (Å²) in [4.78, 5) is 33.0. The van der Waals surface area contributed by atoms with Crippen LogP contribution in [-0.4, -0.2) is 91.7 Å². The third-order valence-electron chi connectivity index (χ3n) is 7.33. The SMILES string of the molecule is O=C(CN(CCCN1CCOCC1)C(=O)C1CCCCC1)N(Cc1ccco1)CC1CCCO1. The van der Waals surface area contributed by atoms with Crippen LogP contribution in [0, 0.1) is 5.92 Å². The van der Waals surface area contributed by atoms with Gasteiger partial charge in [-0.25, -0.2) is 0 Å². The lowest BCUT2D eigenvalue weighted by Gasteiger charge is -2.33. The third kappa shape index (κ3) is 7.55. The van der Waals surface area contributed by atoms with E-state index in [2.05, 4.69) is 4.90 Å². The smallest absolute Gasteiger partial charge is 0.242 e. The van der Waals surface area contributed by atoms with Crippen molar-refractivity contribution in [3.63, 3.8) is 0 Å². The fourth-order valence-corrected chi connectivity index (χ4v) is 5.33. The second-order valence-electron chi connectivity index (χ2n) is 9.89. The Balaban J connectivity index is 1.39. The van der Waals surface area contributed by atoms with E-state index in [0.29, 0.717) is 19.6 Å². The molecule has 1 atom stereocenters. The summed E-state index contributed by atoms with van der Waals surface area (Å²) in [7, 11) is 0. The Morgan fingerprint density at radius 2 is 1.82 bits per heavy atom. The summed E-state index contributed by atoms with van der Waals surface area (Å²) >= 11 is 0.